The van der Waals surface area contributed by atoms with Gasteiger partial charge >= 0.3 is 6.09 Å². The Balaban J connectivity index is 2.59. The van der Waals surface area contributed by atoms with Crippen LogP contribution in [0.2, 0.25) is 0 Å². The second-order valence-corrected chi connectivity index (χ2v) is 6.15. The first-order valence-electron chi connectivity index (χ1n) is 7.13. The van der Waals surface area contributed by atoms with Gasteiger partial charge in [-0.25, -0.2) is 14.2 Å². The molecule has 22 heavy (non-hydrogen) atoms. The van der Waals surface area contributed by atoms with Gasteiger partial charge in [0.25, 0.3) is 0 Å². The summed E-state index contributed by atoms with van der Waals surface area (Å²) in [4.78, 5) is 15.5. The molecule has 1 amide bonds. The zero-order chi connectivity index (χ0) is 16.9. The number of halogens is 1. The van der Waals surface area contributed by atoms with E-state index in [0.29, 0.717) is 5.56 Å². The summed E-state index contributed by atoms with van der Waals surface area (Å²) in [5.74, 6) is -0.214. The number of hydrogen-bond donors (Lipinski definition) is 2. The van der Waals surface area contributed by atoms with Gasteiger partial charge in [-0.1, -0.05) is 0 Å². The van der Waals surface area contributed by atoms with E-state index in [-0.39, 0.29) is 18.5 Å². The molecule has 1 unspecified atom stereocenters. The molecule has 0 saturated carbocycles. The molecular weight excluding hydrogens is 289 g/mol. The first kappa shape index (κ1) is 18.2. The summed E-state index contributed by atoms with van der Waals surface area (Å²) in [6.45, 7) is 9.05. The second-order valence-electron chi connectivity index (χ2n) is 6.15. The van der Waals surface area contributed by atoms with E-state index >= 15 is 0 Å². The molecule has 0 aliphatic heterocycles. The van der Waals surface area contributed by atoms with Crippen LogP contribution in [0, 0.1) is 5.82 Å². The van der Waals surface area contributed by atoms with Crippen molar-refractivity contribution in [2.24, 2.45) is 5.73 Å². The van der Waals surface area contributed by atoms with Crippen LogP contribution in [0.5, 0.6) is 5.88 Å². The van der Waals surface area contributed by atoms with Gasteiger partial charge in [0, 0.05) is 11.6 Å². The summed E-state index contributed by atoms with van der Waals surface area (Å²) in [5, 5.41) is 2.60. The highest BCUT2D eigenvalue weighted by Crippen LogP contribution is 2.22. The molecule has 0 aliphatic carbocycles. The minimum atomic E-state index is -0.561. The van der Waals surface area contributed by atoms with Gasteiger partial charge in [0.15, 0.2) is 0 Å². The maximum absolute atomic E-state index is 13.2. The quantitative estimate of drug-likeness (QED) is 0.872. The summed E-state index contributed by atoms with van der Waals surface area (Å²) in [6.07, 6.45) is 0.167. The first-order valence-corrected chi connectivity index (χ1v) is 7.13. The van der Waals surface area contributed by atoms with Crippen molar-refractivity contribution >= 4 is 6.09 Å². The average molecular weight is 313 g/mol. The van der Waals surface area contributed by atoms with E-state index < -0.39 is 23.6 Å². The van der Waals surface area contributed by atoms with Gasteiger partial charge in [-0.05, 0) is 40.7 Å². The monoisotopic (exact) mass is 313 g/mol. The van der Waals surface area contributed by atoms with E-state index in [2.05, 4.69) is 10.3 Å². The van der Waals surface area contributed by atoms with Crippen molar-refractivity contribution < 1.29 is 18.7 Å². The number of nitrogens with two attached hydrogens (primary N) is 1. The predicted octanol–water partition coefficient (Wildman–Crippen LogP) is 2.53. The number of nitrogens with zero attached hydrogens (tertiary/aromatic N) is 1. The number of amides is 1. The van der Waals surface area contributed by atoms with Gasteiger partial charge < -0.3 is 20.5 Å². The molecule has 0 fully saturated rings. The minimum absolute atomic E-state index is 0.229. The molecule has 1 aromatic heterocycles. The molecule has 1 heterocycles. The fraction of sp³-hybridized carbons (Fsp3) is 0.600. The van der Waals surface area contributed by atoms with Crippen molar-refractivity contribution in [1.29, 1.82) is 0 Å². The zero-order valence-electron chi connectivity index (χ0n) is 13.6. The lowest BCUT2D eigenvalue weighted by molar-refractivity contribution is 0.0503. The van der Waals surface area contributed by atoms with Crippen molar-refractivity contribution in [2.45, 2.75) is 52.4 Å². The molecular formula is C15H24FN3O3. The summed E-state index contributed by atoms with van der Waals surface area (Å²) < 4.78 is 23.9. The average Bonchev–Trinajstić information content (AvgIpc) is 2.36. The van der Waals surface area contributed by atoms with Crippen LogP contribution in [-0.2, 0) is 4.74 Å². The highest BCUT2D eigenvalue weighted by molar-refractivity contribution is 5.67. The Morgan fingerprint density at radius 2 is 2.09 bits per heavy atom. The summed E-state index contributed by atoms with van der Waals surface area (Å²) in [5.41, 5.74) is 5.69. The van der Waals surface area contributed by atoms with E-state index in [1.807, 2.05) is 0 Å². The lowest BCUT2D eigenvalue weighted by atomic mass is 10.1. The van der Waals surface area contributed by atoms with Gasteiger partial charge in [-0.15, -0.1) is 0 Å². The third kappa shape index (κ3) is 6.26. The topological polar surface area (TPSA) is 86.5 Å². The Bertz CT molecular complexity index is 515. The van der Waals surface area contributed by atoms with Crippen LogP contribution in [0.25, 0.3) is 0 Å². The molecule has 1 rings (SSSR count). The lowest BCUT2D eigenvalue weighted by Crippen LogP contribution is -2.37. The number of ether oxygens (including phenoxy) is 2. The molecule has 0 saturated heterocycles. The number of pyridine rings is 1. The van der Waals surface area contributed by atoms with E-state index in [1.54, 1.807) is 34.6 Å². The molecule has 6 nitrogen and oxygen atoms in total. The Kier molecular flexibility index (Phi) is 6.11. The number of carbonyl (C=O) groups is 1. The fourth-order valence-electron chi connectivity index (χ4n) is 1.64. The second kappa shape index (κ2) is 7.40. The smallest absolute Gasteiger partial charge is 0.407 e. The first-order chi connectivity index (χ1) is 10.1. The SMILES string of the molecule is CC(CNC(=O)OC(C)(C)C)Oc1ncc(F)cc1[C@@H](C)N. The van der Waals surface area contributed by atoms with E-state index in [4.69, 9.17) is 15.2 Å². The van der Waals surface area contributed by atoms with Gasteiger partial charge in [0.05, 0.1) is 12.7 Å². The third-order valence-corrected chi connectivity index (χ3v) is 2.58. The Labute approximate surface area is 130 Å². The van der Waals surface area contributed by atoms with Crippen molar-refractivity contribution in [3.05, 3.63) is 23.6 Å². The molecule has 0 radical (unpaired) electrons. The highest BCUT2D eigenvalue weighted by Gasteiger charge is 2.18. The molecule has 0 bridgehead atoms. The van der Waals surface area contributed by atoms with Gasteiger partial charge in [-0.2, -0.15) is 0 Å². The fourth-order valence-corrected chi connectivity index (χ4v) is 1.64. The molecule has 0 aromatic carbocycles. The van der Waals surface area contributed by atoms with Crippen molar-refractivity contribution in [1.82, 2.24) is 10.3 Å². The number of alkyl carbamates (subject to hydrolysis) is 1. The van der Waals surface area contributed by atoms with Crippen LogP contribution < -0.4 is 15.8 Å². The Hall–Kier alpha value is -1.89. The van der Waals surface area contributed by atoms with Crippen molar-refractivity contribution in [2.75, 3.05) is 6.54 Å². The van der Waals surface area contributed by atoms with E-state index in [1.165, 1.54) is 6.07 Å². The maximum Gasteiger partial charge on any atom is 0.407 e. The summed E-state index contributed by atoms with van der Waals surface area (Å²) >= 11 is 0. The lowest BCUT2D eigenvalue weighted by Gasteiger charge is -2.21. The minimum Gasteiger partial charge on any atom is -0.473 e. The van der Waals surface area contributed by atoms with Gasteiger partial charge in [0.1, 0.15) is 17.5 Å². The third-order valence-electron chi connectivity index (χ3n) is 2.58. The standard InChI is InChI=1S/C15H24FN3O3/c1-9(7-19-14(20)22-15(3,4)5)21-13-12(10(2)17)6-11(16)8-18-13/h6,8-10H,7,17H2,1-5H3,(H,19,20)/t9?,10-/m1/s1. The largest absolute Gasteiger partial charge is 0.473 e. The van der Waals surface area contributed by atoms with Crippen LogP contribution in [0.15, 0.2) is 12.3 Å². The van der Waals surface area contributed by atoms with Gasteiger partial charge in [-0.3, -0.25) is 0 Å². The number of hydrogen-bond acceptors (Lipinski definition) is 5. The predicted molar refractivity (Wildman–Crippen MR) is 81.1 cm³/mol. The van der Waals surface area contributed by atoms with E-state index in [9.17, 15) is 9.18 Å². The normalized spacial score (nSPS) is 14.1. The van der Waals surface area contributed by atoms with Crippen molar-refractivity contribution in [3.8, 4) is 5.88 Å². The Morgan fingerprint density at radius 1 is 1.45 bits per heavy atom. The van der Waals surface area contributed by atoms with Crippen molar-refractivity contribution in [3.63, 3.8) is 0 Å². The van der Waals surface area contributed by atoms with Crippen LogP contribution in [0.3, 0.4) is 0 Å². The molecule has 3 N–H and O–H groups in total. The molecule has 0 aliphatic rings. The number of rotatable bonds is 5. The molecule has 2 atom stereocenters. The maximum atomic E-state index is 13.2. The summed E-state index contributed by atoms with van der Waals surface area (Å²) in [6, 6.07) is 0.880. The molecule has 0 spiro atoms. The molecule has 1 aromatic rings. The highest BCUT2D eigenvalue weighted by atomic mass is 19.1. The molecule has 7 heteroatoms. The van der Waals surface area contributed by atoms with Crippen LogP contribution in [0.1, 0.15) is 46.2 Å². The Morgan fingerprint density at radius 3 is 2.64 bits per heavy atom. The van der Waals surface area contributed by atoms with Crippen LogP contribution in [0.4, 0.5) is 9.18 Å². The van der Waals surface area contributed by atoms with E-state index in [0.717, 1.165) is 6.20 Å². The zero-order valence-corrected chi connectivity index (χ0v) is 13.6. The molecule has 124 valence electrons. The van der Waals surface area contributed by atoms with Gasteiger partial charge in [0.2, 0.25) is 5.88 Å². The summed E-state index contributed by atoms with van der Waals surface area (Å²) in [7, 11) is 0. The van der Waals surface area contributed by atoms with Crippen LogP contribution >= 0.6 is 0 Å². The number of aromatic nitrogens is 1. The number of nitrogens with one attached hydrogen (secondary N) is 1. The van der Waals surface area contributed by atoms with Crippen LogP contribution in [-0.4, -0.2) is 29.3 Å². The number of carbonyl (C=O) groups excluding carboxylic acids is 1.